The smallest absolute Gasteiger partial charge is 0.0433 e. The summed E-state index contributed by atoms with van der Waals surface area (Å²) >= 11 is 0. The number of hydrogen-bond donors (Lipinski definition) is 1. The number of aliphatic hydroxyl groups is 1. The molecule has 0 radical (unpaired) electrons. The Morgan fingerprint density at radius 1 is 0.500 bits per heavy atom. The molecule has 0 spiro atoms. The van der Waals surface area contributed by atoms with Gasteiger partial charge in [-0.1, -0.05) is 103 Å². The van der Waals surface area contributed by atoms with Gasteiger partial charge in [0, 0.05) is 6.61 Å². The van der Waals surface area contributed by atoms with Crippen molar-refractivity contribution in [3.05, 3.63) is 12.2 Å². The van der Waals surface area contributed by atoms with Gasteiger partial charge < -0.3 is 5.11 Å². The summed E-state index contributed by atoms with van der Waals surface area (Å²) in [4.78, 5) is 0. The van der Waals surface area contributed by atoms with Gasteiger partial charge >= 0.3 is 0 Å². The number of hydrogen-bond acceptors (Lipinski definition) is 1. The average molecular weight is 311 g/mol. The second-order valence-corrected chi connectivity index (χ2v) is 6.72. The van der Waals surface area contributed by atoms with Crippen molar-refractivity contribution < 1.29 is 5.11 Å². The summed E-state index contributed by atoms with van der Waals surface area (Å²) in [7, 11) is 0. The van der Waals surface area contributed by atoms with E-state index in [4.69, 9.17) is 5.11 Å². The van der Waals surface area contributed by atoms with E-state index in [9.17, 15) is 0 Å². The lowest BCUT2D eigenvalue weighted by molar-refractivity contribution is 0.289. The van der Waals surface area contributed by atoms with Crippen LogP contribution in [0.15, 0.2) is 12.2 Å². The predicted molar refractivity (Wildman–Crippen MR) is 100 cm³/mol. The van der Waals surface area contributed by atoms with Gasteiger partial charge in [0.05, 0.1) is 0 Å². The lowest BCUT2D eigenvalue weighted by atomic mass is 10.0. The third-order valence-corrected chi connectivity index (χ3v) is 4.42. The Morgan fingerprint density at radius 3 is 1.27 bits per heavy atom. The van der Waals surface area contributed by atoms with Crippen molar-refractivity contribution >= 4 is 0 Å². The van der Waals surface area contributed by atoms with Crippen LogP contribution in [0, 0.1) is 0 Å². The van der Waals surface area contributed by atoms with Gasteiger partial charge in [0.1, 0.15) is 0 Å². The number of allylic oxidation sites excluding steroid dienone is 2. The van der Waals surface area contributed by atoms with E-state index in [1.807, 2.05) is 0 Å². The van der Waals surface area contributed by atoms with Gasteiger partial charge in [-0.3, -0.25) is 0 Å². The van der Waals surface area contributed by atoms with Gasteiger partial charge in [0.2, 0.25) is 0 Å². The fourth-order valence-electron chi connectivity index (χ4n) is 2.90. The van der Waals surface area contributed by atoms with E-state index in [1.54, 1.807) is 0 Å². The molecule has 1 N–H and O–H groups in total. The van der Waals surface area contributed by atoms with Crippen LogP contribution >= 0.6 is 0 Å². The van der Waals surface area contributed by atoms with Crippen molar-refractivity contribution in [3.8, 4) is 0 Å². The molecule has 0 saturated carbocycles. The van der Waals surface area contributed by atoms with Crippen molar-refractivity contribution in [2.45, 2.75) is 116 Å². The highest BCUT2D eigenvalue weighted by Crippen LogP contribution is 2.13. The summed E-state index contributed by atoms with van der Waals surface area (Å²) in [6, 6.07) is 0. The SMILES string of the molecule is CCCCCCCCCCCCCCCC/C=C\CCCO. The first-order valence-electron chi connectivity index (χ1n) is 10.2. The minimum atomic E-state index is 0.323. The number of aliphatic hydroxyl groups excluding tert-OH is 1. The summed E-state index contributed by atoms with van der Waals surface area (Å²) in [5, 5.41) is 8.67. The Hall–Kier alpha value is -0.300. The van der Waals surface area contributed by atoms with E-state index in [1.165, 1.54) is 96.3 Å². The maximum absolute atomic E-state index is 8.67. The monoisotopic (exact) mass is 310 g/mol. The molecule has 0 saturated heterocycles. The van der Waals surface area contributed by atoms with Crippen molar-refractivity contribution in [1.82, 2.24) is 0 Å². The molecule has 132 valence electrons. The summed E-state index contributed by atoms with van der Waals surface area (Å²) in [5.41, 5.74) is 0. The standard InChI is InChI=1S/C21H42O/c1-2-3-4-5-6-7-8-9-10-11-12-13-14-15-16-17-18-19-20-21-22/h17-18,22H,2-16,19-21H2,1H3/b18-17-. The van der Waals surface area contributed by atoms with Gasteiger partial charge in [-0.15, -0.1) is 0 Å². The first kappa shape index (κ1) is 21.7. The minimum absolute atomic E-state index is 0.323. The van der Waals surface area contributed by atoms with Gasteiger partial charge in [0.15, 0.2) is 0 Å². The molecule has 1 nitrogen and oxygen atoms in total. The fraction of sp³-hybridized carbons (Fsp3) is 0.905. The molecule has 0 atom stereocenters. The molecule has 1 heteroatoms. The van der Waals surface area contributed by atoms with E-state index in [0.29, 0.717) is 6.61 Å². The summed E-state index contributed by atoms with van der Waals surface area (Å²) in [6.45, 7) is 2.61. The van der Waals surface area contributed by atoms with E-state index in [2.05, 4.69) is 19.1 Å². The average Bonchev–Trinajstić information content (AvgIpc) is 2.54. The van der Waals surface area contributed by atoms with Crippen molar-refractivity contribution in [2.75, 3.05) is 6.61 Å². The molecule has 0 rings (SSSR count). The Balaban J connectivity index is 2.98. The van der Waals surface area contributed by atoms with Gasteiger partial charge in [-0.05, 0) is 25.7 Å². The quantitative estimate of drug-likeness (QED) is 0.210. The highest BCUT2D eigenvalue weighted by molar-refractivity contribution is 4.81. The molecule has 0 unspecified atom stereocenters. The van der Waals surface area contributed by atoms with Crippen LogP contribution in [0.4, 0.5) is 0 Å². The first-order valence-corrected chi connectivity index (χ1v) is 10.2. The van der Waals surface area contributed by atoms with Crippen LogP contribution in [0.5, 0.6) is 0 Å². The summed E-state index contributed by atoms with van der Waals surface area (Å²) in [5.74, 6) is 0. The molecule has 0 amide bonds. The zero-order valence-corrected chi connectivity index (χ0v) is 15.3. The second-order valence-electron chi connectivity index (χ2n) is 6.72. The second kappa shape index (κ2) is 20.7. The van der Waals surface area contributed by atoms with E-state index in [0.717, 1.165) is 12.8 Å². The third-order valence-electron chi connectivity index (χ3n) is 4.42. The predicted octanol–water partition coefficient (Wildman–Crippen LogP) is 7.19. The Bertz CT molecular complexity index is 210. The van der Waals surface area contributed by atoms with Crippen LogP contribution < -0.4 is 0 Å². The maximum atomic E-state index is 8.67. The molecule has 0 aromatic heterocycles. The molecule has 0 bridgehead atoms. The molecule has 0 aromatic rings. The molecule has 0 fully saturated rings. The van der Waals surface area contributed by atoms with Crippen molar-refractivity contribution in [3.63, 3.8) is 0 Å². The highest BCUT2D eigenvalue weighted by Gasteiger charge is 1.93. The molecule has 22 heavy (non-hydrogen) atoms. The van der Waals surface area contributed by atoms with Crippen LogP contribution in [0.2, 0.25) is 0 Å². The number of rotatable bonds is 18. The molecule has 0 aliphatic carbocycles. The molecule has 0 aromatic carbocycles. The number of unbranched alkanes of at least 4 members (excludes halogenated alkanes) is 15. The van der Waals surface area contributed by atoms with Crippen LogP contribution in [0.3, 0.4) is 0 Å². The van der Waals surface area contributed by atoms with Gasteiger partial charge in [-0.2, -0.15) is 0 Å². The van der Waals surface area contributed by atoms with E-state index < -0.39 is 0 Å². The van der Waals surface area contributed by atoms with Gasteiger partial charge in [-0.25, -0.2) is 0 Å². The van der Waals surface area contributed by atoms with Gasteiger partial charge in [0.25, 0.3) is 0 Å². The largest absolute Gasteiger partial charge is 0.396 e. The summed E-state index contributed by atoms with van der Waals surface area (Å²) in [6.07, 6.45) is 27.7. The lowest BCUT2D eigenvalue weighted by Gasteiger charge is -2.02. The highest BCUT2D eigenvalue weighted by atomic mass is 16.2. The first-order chi connectivity index (χ1) is 10.9. The van der Waals surface area contributed by atoms with Crippen LogP contribution in [0.1, 0.15) is 116 Å². The molecule has 0 aliphatic rings. The third kappa shape index (κ3) is 19.7. The van der Waals surface area contributed by atoms with Crippen molar-refractivity contribution in [2.24, 2.45) is 0 Å². The molecule has 0 heterocycles. The minimum Gasteiger partial charge on any atom is -0.396 e. The maximum Gasteiger partial charge on any atom is 0.0433 e. The van der Waals surface area contributed by atoms with Crippen LogP contribution in [0.25, 0.3) is 0 Å². The molecule has 0 aliphatic heterocycles. The van der Waals surface area contributed by atoms with Crippen LogP contribution in [-0.2, 0) is 0 Å². The van der Waals surface area contributed by atoms with E-state index >= 15 is 0 Å². The lowest BCUT2D eigenvalue weighted by Crippen LogP contribution is -1.83. The fourth-order valence-corrected chi connectivity index (χ4v) is 2.90. The molecular weight excluding hydrogens is 268 g/mol. The zero-order chi connectivity index (χ0) is 16.1. The topological polar surface area (TPSA) is 20.2 Å². The van der Waals surface area contributed by atoms with Crippen molar-refractivity contribution in [1.29, 1.82) is 0 Å². The Kier molecular flexibility index (Phi) is 20.4. The van der Waals surface area contributed by atoms with E-state index in [-0.39, 0.29) is 0 Å². The normalized spacial score (nSPS) is 11.5. The molecular formula is C21H42O. The summed E-state index contributed by atoms with van der Waals surface area (Å²) < 4.78 is 0. The Labute approximate surface area is 140 Å². The Morgan fingerprint density at radius 2 is 0.864 bits per heavy atom. The zero-order valence-electron chi connectivity index (χ0n) is 15.3. The van der Waals surface area contributed by atoms with Crippen LogP contribution in [-0.4, -0.2) is 11.7 Å².